The average molecular weight is 288 g/mol. The van der Waals surface area contributed by atoms with Gasteiger partial charge in [0.1, 0.15) is 0 Å². The Bertz CT molecular complexity index is 229. The zero-order valence-corrected chi connectivity index (χ0v) is 13.1. The molecule has 1 aliphatic rings. The van der Waals surface area contributed by atoms with Crippen LogP contribution < -0.4 is 5.32 Å². The number of aliphatic hydroxyl groups excluding tert-OH is 1. The number of hydrogen-bond donors (Lipinski definition) is 2. The summed E-state index contributed by atoms with van der Waals surface area (Å²) in [7, 11) is 1.64. The first kappa shape index (κ1) is 17.9. The molecule has 0 aliphatic carbocycles. The van der Waals surface area contributed by atoms with E-state index in [9.17, 15) is 5.11 Å². The summed E-state index contributed by atoms with van der Waals surface area (Å²) in [6.07, 6.45) is 4.77. The number of nitrogens with one attached hydrogen (secondary N) is 1. The molecule has 1 aliphatic heterocycles. The molecule has 20 heavy (non-hydrogen) atoms. The lowest BCUT2D eigenvalue weighted by Gasteiger charge is -2.33. The van der Waals surface area contributed by atoms with E-state index in [-0.39, 0.29) is 0 Å². The number of nitrogens with zero attached hydrogens (tertiary/aromatic N) is 1. The Balaban J connectivity index is 1.90. The number of piperidine rings is 1. The summed E-state index contributed by atoms with van der Waals surface area (Å²) < 4.78 is 10.2. The van der Waals surface area contributed by atoms with Crippen molar-refractivity contribution in [1.82, 2.24) is 10.2 Å². The molecular weight excluding hydrogens is 256 g/mol. The van der Waals surface area contributed by atoms with Crippen LogP contribution in [0.4, 0.5) is 0 Å². The van der Waals surface area contributed by atoms with E-state index in [2.05, 4.69) is 17.1 Å². The minimum Gasteiger partial charge on any atom is -0.389 e. The molecule has 0 amide bonds. The highest BCUT2D eigenvalue weighted by Gasteiger charge is 2.16. The van der Waals surface area contributed by atoms with Gasteiger partial charge < -0.3 is 24.8 Å². The van der Waals surface area contributed by atoms with Gasteiger partial charge in [0.15, 0.2) is 0 Å². The molecule has 0 aromatic heterocycles. The van der Waals surface area contributed by atoms with Crippen molar-refractivity contribution in [2.45, 2.75) is 44.8 Å². The summed E-state index contributed by atoms with van der Waals surface area (Å²) >= 11 is 0. The highest BCUT2D eigenvalue weighted by atomic mass is 16.5. The Morgan fingerprint density at radius 2 is 2.20 bits per heavy atom. The second kappa shape index (κ2) is 11.5. The smallest absolute Gasteiger partial charge is 0.0897 e. The van der Waals surface area contributed by atoms with Crippen molar-refractivity contribution < 1.29 is 14.6 Å². The molecule has 0 bridgehead atoms. The molecule has 1 fully saturated rings. The topological polar surface area (TPSA) is 54.0 Å². The van der Waals surface area contributed by atoms with Gasteiger partial charge in [-0.3, -0.25) is 0 Å². The summed E-state index contributed by atoms with van der Waals surface area (Å²) in [5.41, 5.74) is 0. The summed E-state index contributed by atoms with van der Waals surface area (Å²) in [4.78, 5) is 2.58. The SMILES string of the molecule is COCCOCC(O)CNCCCN1CCCCC1C. The van der Waals surface area contributed by atoms with Crippen LogP contribution in [-0.4, -0.2) is 75.3 Å². The Morgan fingerprint density at radius 3 is 2.95 bits per heavy atom. The van der Waals surface area contributed by atoms with Gasteiger partial charge in [-0.05, 0) is 45.8 Å². The summed E-state index contributed by atoms with van der Waals surface area (Å²) in [6.45, 7) is 7.79. The molecule has 1 heterocycles. The molecule has 1 rings (SSSR count). The van der Waals surface area contributed by atoms with Crippen LogP contribution >= 0.6 is 0 Å². The normalized spacial score (nSPS) is 22.1. The molecular formula is C15H32N2O3. The Labute approximate surface area is 123 Å². The van der Waals surface area contributed by atoms with Crippen molar-refractivity contribution in [2.75, 3.05) is 53.1 Å². The lowest BCUT2D eigenvalue weighted by Crippen LogP contribution is -2.39. The molecule has 0 spiro atoms. The fourth-order valence-electron chi connectivity index (χ4n) is 2.59. The van der Waals surface area contributed by atoms with Crippen LogP contribution in [-0.2, 0) is 9.47 Å². The van der Waals surface area contributed by atoms with Crippen LogP contribution in [0.15, 0.2) is 0 Å². The number of likely N-dealkylation sites (tertiary alicyclic amines) is 1. The first-order valence-electron chi connectivity index (χ1n) is 7.93. The van der Waals surface area contributed by atoms with Gasteiger partial charge in [-0.2, -0.15) is 0 Å². The first-order chi connectivity index (χ1) is 9.74. The van der Waals surface area contributed by atoms with Gasteiger partial charge in [0.25, 0.3) is 0 Å². The largest absolute Gasteiger partial charge is 0.389 e. The van der Waals surface area contributed by atoms with Gasteiger partial charge >= 0.3 is 0 Å². The van der Waals surface area contributed by atoms with Gasteiger partial charge in [0.05, 0.1) is 25.9 Å². The maximum Gasteiger partial charge on any atom is 0.0897 e. The average Bonchev–Trinajstić information content (AvgIpc) is 2.45. The van der Waals surface area contributed by atoms with Crippen LogP contribution in [0.5, 0.6) is 0 Å². The maximum atomic E-state index is 9.70. The molecule has 5 nitrogen and oxygen atoms in total. The monoisotopic (exact) mass is 288 g/mol. The fourth-order valence-corrected chi connectivity index (χ4v) is 2.59. The molecule has 1 saturated heterocycles. The minimum absolute atomic E-state index is 0.375. The third-order valence-corrected chi connectivity index (χ3v) is 3.86. The second-order valence-corrected chi connectivity index (χ2v) is 5.66. The molecule has 2 unspecified atom stereocenters. The van der Waals surface area contributed by atoms with Crippen molar-refractivity contribution in [2.24, 2.45) is 0 Å². The van der Waals surface area contributed by atoms with E-state index >= 15 is 0 Å². The third kappa shape index (κ3) is 8.17. The predicted molar refractivity (Wildman–Crippen MR) is 81.1 cm³/mol. The number of ether oxygens (including phenoxy) is 2. The number of hydrogen-bond acceptors (Lipinski definition) is 5. The molecule has 2 N–H and O–H groups in total. The highest BCUT2D eigenvalue weighted by molar-refractivity contribution is 4.73. The molecule has 0 aromatic carbocycles. The van der Waals surface area contributed by atoms with Crippen molar-refractivity contribution in [3.63, 3.8) is 0 Å². The van der Waals surface area contributed by atoms with Crippen molar-refractivity contribution in [1.29, 1.82) is 0 Å². The lowest BCUT2D eigenvalue weighted by atomic mass is 10.0. The Hall–Kier alpha value is -0.200. The van der Waals surface area contributed by atoms with Gasteiger partial charge in [-0.15, -0.1) is 0 Å². The van der Waals surface area contributed by atoms with Gasteiger partial charge in [0, 0.05) is 19.7 Å². The number of aliphatic hydroxyl groups is 1. The van der Waals surface area contributed by atoms with E-state index in [0.717, 1.165) is 25.6 Å². The number of methoxy groups -OCH3 is 1. The summed E-state index contributed by atoms with van der Waals surface area (Å²) in [5, 5.41) is 13.0. The van der Waals surface area contributed by atoms with Crippen LogP contribution in [0.25, 0.3) is 0 Å². The summed E-state index contributed by atoms with van der Waals surface area (Å²) in [5.74, 6) is 0. The van der Waals surface area contributed by atoms with E-state index in [1.807, 2.05) is 0 Å². The van der Waals surface area contributed by atoms with E-state index in [1.165, 1.54) is 25.8 Å². The van der Waals surface area contributed by atoms with E-state index in [4.69, 9.17) is 9.47 Å². The standard InChI is InChI=1S/C15H32N2O3/c1-14-6-3-4-8-17(14)9-5-7-16-12-15(18)13-20-11-10-19-2/h14-16,18H,3-13H2,1-2H3. The van der Waals surface area contributed by atoms with Gasteiger partial charge in [-0.25, -0.2) is 0 Å². The minimum atomic E-state index is -0.430. The van der Waals surface area contributed by atoms with Crippen LogP contribution in [0.1, 0.15) is 32.6 Å². The number of rotatable bonds is 11. The Kier molecular flexibility index (Phi) is 10.2. The maximum absolute atomic E-state index is 9.70. The van der Waals surface area contributed by atoms with Gasteiger partial charge in [-0.1, -0.05) is 6.42 Å². The van der Waals surface area contributed by atoms with E-state index in [1.54, 1.807) is 7.11 Å². The molecule has 5 heteroatoms. The molecule has 0 radical (unpaired) electrons. The zero-order chi connectivity index (χ0) is 14.6. The second-order valence-electron chi connectivity index (χ2n) is 5.66. The predicted octanol–water partition coefficient (Wildman–Crippen LogP) is 0.864. The van der Waals surface area contributed by atoms with Crippen LogP contribution in [0.2, 0.25) is 0 Å². The molecule has 120 valence electrons. The first-order valence-corrected chi connectivity index (χ1v) is 7.93. The van der Waals surface area contributed by atoms with Crippen molar-refractivity contribution >= 4 is 0 Å². The fraction of sp³-hybridized carbons (Fsp3) is 1.00. The van der Waals surface area contributed by atoms with Crippen molar-refractivity contribution in [3.8, 4) is 0 Å². The van der Waals surface area contributed by atoms with Crippen LogP contribution in [0, 0.1) is 0 Å². The molecule has 2 atom stereocenters. The van der Waals surface area contributed by atoms with Crippen LogP contribution in [0.3, 0.4) is 0 Å². The van der Waals surface area contributed by atoms with E-state index < -0.39 is 6.10 Å². The third-order valence-electron chi connectivity index (χ3n) is 3.86. The quantitative estimate of drug-likeness (QED) is 0.552. The summed E-state index contributed by atoms with van der Waals surface area (Å²) in [6, 6.07) is 0.739. The molecule has 0 saturated carbocycles. The Morgan fingerprint density at radius 1 is 1.35 bits per heavy atom. The van der Waals surface area contributed by atoms with Gasteiger partial charge in [0.2, 0.25) is 0 Å². The van der Waals surface area contributed by atoms with E-state index in [0.29, 0.717) is 26.4 Å². The highest BCUT2D eigenvalue weighted by Crippen LogP contribution is 2.15. The van der Waals surface area contributed by atoms with Crippen molar-refractivity contribution in [3.05, 3.63) is 0 Å². The molecule has 0 aromatic rings. The lowest BCUT2D eigenvalue weighted by molar-refractivity contribution is 0.0138. The zero-order valence-electron chi connectivity index (χ0n) is 13.1.